The molecule has 0 heterocycles. The molecule has 0 bridgehead atoms. The minimum atomic E-state index is 0.0167. The maximum atomic E-state index is 11.1. The van der Waals surface area contributed by atoms with E-state index < -0.39 is 0 Å². The molecule has 0 radical (unpaired) electrons. The van der Waals surface area contributed by atoms with Crippen LogP contribution in [0.5, 0.6) is 0 Å². The molecule has 0 saturated carbocycles. The maximum absolute atomic E-state index is 11.1. The van der Waals surface area contributed by atoms with Gasteiger partial charge in [0.2, 0.25) is 5.91 Å². The van der Waals surface area contributed by atoms with Crippen molar-refractivity contribution in [2.75, 3.05) is 25.5 Å². The van der Waals surface area contributed by atoms with E-state index in [9.17, 15) is 4.79 Å². The van der Waals surface area contributed by atoms with Gasteiger partial charge in [0.15, 0.2) is 0 Å². The van der Waals surface area contributed by atoms with E-state index in [2.05, 4.69) is 21.2 Å². The Balaban J connectivity index is 2.66. The molecule has 0 atom stereocenters. The van der Waals surface area contributed by atoms with E-state index in [-0.39, 0.29) is 12.5 Å². The van der Waals surface area contributed by atoms with Crippen LogP contribution >= 0.6 is 15.9 Å². The number of aliphatic hydroxyl groups is 1. The molecule has 0 aliphatic heterocycles. The van der Waals surface area contributed by atoms with Crippen molar-refractivity contribution < 1.29 is 9.90 Å². The molecular formula is C12H17BrN2O2. The second-order valence-corrected chi connectivity index (χ2v) is 4.63. The molecule has 5 heteroatoms. The number of carbonyl (C=O) groups is 1. The first-order valence-corrected chi connectivity index (χ1v) is 6.18. The summed E-state index contributed by atoms with van der Waals surface area (Å²) in [5.41, 5.74) is 1.87. The summed E-state index contributed by atoms with van der Waals surface area (Å²) in [5.74, 6) is 0.0305. The molecule has 2 N–H and O–H groups in total. The Kier molecular flexibility index (Phi) is 5.44. The monoisotopic (exact) mass is 300 g/mol. The summed E-state index contributed by atoms with van der Waals surface area (Å²) in [4.78, 5) is 13.1. The topological polar surface area (TPSA) is 52.6 Å². The largest absolute Gasteiger partial charge is 0.392 e. The van der Waals surface area contributed by atoms with Crippen molar-refractivity contribution in [3.63, 3.8) is 0 Å². The van der Waals surface area contributed by atoms with Gasteiger partial charge < -0.3 is 15.3 Å². The summed E-state index contributed by atoms with van der Waals surface area (Å²) in [6.45, 7) is 0.674. The molecule has 94 valence electrons. The van der Waals surface area contributed by atoms with Gasteiger partial charge in [-0.2, -0.15) is 0 Å². The second kappa shape index (κ2) is 6.61. The van der Waals surface area contributed by atoms with Crippen molar-refractivity contribution >= 4 is 27.5 Å². The quantitative estimate of drug-likeness (QED) is 0.867. The van der Waals surface area contributed by atoms with Gasteiger partial charge in [-0.05, 0) is 17.7 Å². The number of amides is 1. The zero-order valence-corrected chi connectivity index (χ0v) is 11.6. The number of hydrogen-bond donors (Lipinski definition) is 2. The molecule has 0 aromatic heterocycles. The Morgan fingerprint density at radius 1 is 1.53 bits per heavy atom. The second-order valence-electron chi connectivity index (χ2n) is 3.78. The van der Waals surface area contributed by atoms with Gasteiger partial charge in [0.1, 0.15) is 0 Å². The standard InChI is InChI=1S/C12H17BrN2O2/c1-14-12(17)5-6-15(2)10-4-3-9(8-16)11(13)7-10/h3-4,7,16H,5-6,8H2,1-2H3,(H,14,17). The first-order chi connectivity index (χ1) is 8.08. The number of benzene rings is 1. The van der Waals surface area contributed by atoms with Gasteiger partial charge >= 0.3 is 0 Å². The van der Waals surface area contributed by atoms with Crippen LogP contribution in [0.4, 0.5) is 5.69 Å². The molecule has 0 fully saturated rings. The van der Waals surface area contributed by atoms with Gasteiger partial charge in [-0.15, -0.1) is 0 Å². The summed E-state index contributed by atoms with van der Waals surface area (Å²) in [7, 11) is 3.57. The highest BCUT2D eigenvalue weighted by atomic mass is 79.9. The molecule has 1 aromatic carbocycles. The summed E-state index contributed by atoms with van der Waals surface area (Å²) < 4.78 is 0.879. The zero-order chi connectivity index (χ0) is 12.8. The van der Waals surface area contributed by atoms with Crippen LogP contribution < -0.4 is 10.2 Å². The normalized spacial score (nSPS) is 10.1. The van der Waals surface area contributed by atoms with Gasteiger partial charge in [0.05, 0.1) is 6.61 Å². The lowest BCUT2D eigenvalue weighted by atomic mass is 10.2. The lowest BCUT2D eigenvalue weighted by Gasteiger charge is -2.19. The summed E-state index contributed by atoms with van der Waals surface area (Å²) in [6, 6.07) is 5.74. The van der Waals surface area contributed by atoms with E-state index in [1.165, 1.54) is 0 Å². The Morgan fingerprint density at radius 3 is 2.76 bits per heavy atom. The van der Waals surface area contributed by atoms with Crippen LogP contribution in [-0.2, 0) is 11.4 Å². The first-order valence-electron chi connectivity index (χ1n) is 5.39. The third-order valence-electron chi connectivity index (χ3n) is 2.60. The van der Waals surface area contributed by atoms with E-state index in [4.69, 9.17) is 5.11 Å². The molecule has 1 rings (SSSR count). The van der Waals surface area contributed by atoms with Crippen molar-refractivity contribution in [3.8, 4) is 0 Å². The van der Waals surface area contributed by atoms with Gasteiger partial charge in [0.25, 0.3) is 0 Å². The van der Waals surface area contributed by atoms with Gasteiger partial charge in [-0.25, -0.2) is 0 Å². The van der Waals surface area contributed by atoms with Crippen LogP contribution in [0.2, 0.25) is 0 Å². The smallest absolute Gasteiger partial charge is 0.221 e. The van der Waals surface area contributed by atoms with Crippen LogP contribution in [-0.4, -0.2) is 31.7 Å². The zero-order valence-electron chi connectivity index (χ0n) is 10.0. The molecule has 1 aromatic rings. The maximum Gasteiger partial charge on any atom is 0.221 e. The minimum Gasteiger partial charge on any atom is -0.392 e. The fraction of sp³-hybridized carbons (Fsp3) is 0.417. The number of anilines is 1. The average Bonchev–Trinajstić information content (AvgIpc) is 2.35. The van der Waals surface area contributed by atoms with E-state index >= 15 is 0 Å². The third kappa shape index (κ3) is 4.02. The molecular weight excluding hydrogens is 284 g/mol. The number of nitrogens with zero attached hydrogens (tertiary/aromatic N) is 1. The lowest BCUT2D eigenvalue weighted by Crippen LogP contribution is -2.26. The number of halogens is 1. The summed E-state index contributed by atoms with van der Waals surface area (Å²) in [5, 5.41) is 11.7. The predicted octanol–water partition coefficient (Wildman–Crippen LogP) is 1.51. The SMILES string of the molecule is CNC(=O)CCN(C)c1ccc(CO)c(Br)c1. The van der Waals surface area contributed by atoms with E-state index in [0.29, 0.717) is 13.0 Å². The number of aliphatic hydroxyl groups excluding tert-OH is 1. The molecule has 0 aliphatic rings. The highest BCUT2D eigenvalue weighted by Gasteiger charge is 2.06. The van der Waals surface area contributed by atoms with Crippen molar-refractivity contribution in [1.82, 2.24) is 5.32 Å². The van der Waals surface area contributed by atoms with Crippen molar-refractivity contribution in [3.05, 3.63) is 28.2 Å². The molecule has 1 amide bonds. The Hall–Kier alpha value is -1.07. The fourth-order valence-electron chi connectivity index (χ4n) is 1.43. The van der Waals surface area contributed by atoms with Gasteiger partial charge in [0, 0.05) is 37.2 Å². The third-order valence-corrected chi connectivity index (χ3v) is 3.34. The van der Waals surface area contributed by atoms with Crippen molar-refractivity contribution in [2.24, 2.45) is 0 Å². The van der Waals surface area contributed by atoms with Crippen LogP contribution in [0.1, 0.15) is 12.0 Å². The number of rotatable bonds is 5. The van der Waals surface area contributed by atoms with Crippen molar-refractivity contribution in [1.29, 1.82) is 0 Å². The van der Waals surface area contributed by atoms with Crippen molar-refractivity contribution in [2.45, 2.75) is 13.0 Å². The summed E-state index contributed by atoms with van der Waals surface area (Å²) in [6.07, 6.45) is 0.465. The van der Waals surface area contributed by atoms with Crippen LogP contribution in [0, 0.1) is 0 Å². The molecule has 0 unspecified atom stereocenters. The number of hydrogen-bond acceptors (Lipinski definition) is 3. The average molecular weight is 301 g/mol. The first kappa shape index (κ1) is 14.0. The molecule has 0 aliphatic carbocycles. The van der Waals surface area contributed by atoms with Crippen LogP contribution in [0.3, 0.4) is 0 Å². The number of nitrogens with one attached hydrogen (secondary N) is 1. The van der Waals surface area contributed by atoms with Crippen LogP contribution in [0.15, 0.2) is 22.7 Å². The molecule has 0 saturated heterocycles. The van der Waals surface area contributed by atoms with E-state index in [0.717, 1.165) is 15.7 Å². The predicted molar refractivity (Wildman–Crippen MR) is 72.0 cm³/mol. The highest BCUT2D eigenvalue weighted by molar-refractivity contribution is 9.10. The molecule has 4 nitrogen and oxygen atoms in total. The van der Waals surface area contributed by atoms with Crippen LogP contribution in [0.25, 0.3) is 0 Å². The molecule has 17 heavy (non-hydrogen) atoms. The summed E-state index contributed by atoms with van der Waals surface area (Å²) >= 11 is 3.40. The van der Waals surface area contributed by atoms with Gasteiger partial charge in [-0.3, -0.25) is 4.79 Å². The molecule has 0 spiro atoms. The Morgan fingerprint density at radius 2 is 2.24 bits per heavy atom. The van der Waals surface area contributed by atoms with E-state index in [1.54, 1.807) is 7.05 Å². The Labute approximate surface area is 110 Å². The number of carbonyl (C=O) groups excluding carboxylic acids is 1. The Bertz CT molecular complexity index is 396. The van der Waals surface area contributed by atoms with E-state index in [1.807, 2.05) is 30.1 Å². The highest BCUT2D eigenvalue weighted by Crippen LogP contribution is 2.23. The lowest BCUT2D eigenvalue weighted by molar-refractivity contribution is -0.120. The fourth-order valence-corrected chi connectivity index (χ4v) is 1.92. The minimum absolute atomic E-state index is 0.0167. The van der Waals surface area contributed by atoms with Gasteiger partial charge in [-0.1, -0.05) is 22.0 Å².